The first-order valence-corrected chi connectivity index (χ1v) is 6.73. The summed E-state index contributed by atoms with van der Waals surface area (Å²) in [5, 5.41) is 25.8. The van der Waals surface area contributed by atoms with Crippen molar-refractivity contribution in [2.24, 2.45) is 5.10 Å². The van der Waals surface area contributed by atoms with Gasteiger partial charge in [0.15, 0.2) is 0 Å². The van der Waals surface area contributed by atoms with Gasteiger partial charge in [-0.25, -0.2) is 0 Å². The molecule has 0 atom stereocenters. The van der Waals surface area contributed by atoms with E-state index >= 15 is 0 Å². The number of hydrazone groups is 1. The number of nitro benzene ring substituents is 2. The average molecular weight is 314 g/mol. The highest BCUT2D eigenvalue weighted by Crippen LogP contribution is 2.28. The first-order valence-electron chi connectivity index (χ1n) is 6.73. The summed E-state index contributed by atoms with van der Waals surface area (Å²) in [5.74, 6) is 0. The van der Waals surface area contributed by atoms with E-state index in [0.717, 1.165) is 17.3 Å². The van der Waals surface area contributed by atoms with E-state index in [0.29, 0.717) is 6.42 Å². The Balaban J connectivity index is 2.17. The summed E-state index contributed by atoms with van der Waals surface area (Å²) in [6.07, 6.45) is 0.592. The first kappa shape index (κ1) is 16.1. The Kier molecular flexibility index (Phi) is 4.98. The fourth-order valence-corrected chi connectivity index (χ4v) is 1.97. The predicted octanol–water partition coefficient (Wildman–Crippen LogP) is 3.53. The van der Waals surface area contributed by atoms with Gasteiger partial charge in [0, 0.05) is 18.2 Å². The number of nitrogens with zero attached hydrogens (tertiary/aromatic N) is 3. The summed E-state index contributed by atoms with van der Waals surface area (Å²) in [6, 6.07) is 13.0. The summed E-state index contributed by atoms with van der Waals surface area (Å²) in [6.45, 7) is 1.79. The van der Waals surface area contributed by atoms with E-state index in [1.165, 1.54) is 12.1 Å². The number of nitrogens with one attached hydrogen (secondary N) is 1. The van der Waals surface area contributed by atoms with E-state index < -0.39 is 15.5 Å². The van der Waals surface area contributed by atoms with Gasteiger partial charge in [-0.05, 0) is 18.6 Å². The molecule has 0 saturated carbocycles. The van der Waals surface area contributed by atoms with Crippen LogP contribution in [0.15, 0.2) is 53.6 Å². The van der Waals surface area contributed by atoms with Crippen molar-refractivity contribution < 1.29 is 9.85 Å². The lowest BCUT2D eigenvalue weighted by molar-refractivity contribution is -0.393. The lowest BCUT2D eigenvalue weighted by atomic mass is 10.1. The third-order valence-electron chi connectivity index (χ3n) is 3.06. The van der Waals surface area contributed by atoms with Crippen LogP contribution in [0.4, 0.5) is 17.1 Å². The summed E-state index contributed by atoms with van der Waals surface area (Å²) >= 11 is 0. The smallest absolute Gasteiger partial charge is 0.272 e. The molecule has 0 bridgehead atoms. The molecule has 0 saturated heterocycles. The van der Waals surface area contributed by atoms with E-state index in [9.17, 15) is 20.2 Å². The van der Waals surface area contributed by atoms with Gasteiger partial charge in [0.2, 0.25) is 0 Å². The molecule has 0 aromatic heterocycles. The lowest BCUT2D eigenvalue weighted by Gasteiger charge is -2.05. The Bertz CT molecular complexity index is 759. The summed E-state index contributed by atoms with van der Waals surface area (Å²) in [7, 11) is 0. The number of rotatable bonds is 6. The fourth-order valence-electron chi connectivity index (χ4n) is 1.97. The number of non-ortho nitro benzene ring substituents is 1. The van der Waals surface area contributed by atoms with E-state index in [4.69, 9.17) is 0 Å². The van der Waals surface area contributed by atoms with Gasteiger partial charge in [0.1, 0.15) is 5.69 Å². The number of hydrogen-bond acceptors (Lipinski definition) is 6. The molecular formula is C15H14N4O4. The first-order chi connectivity index (χ1) is 11.0. The molecule has 0 fully saturated rings. The molecule has 0 aliphatic rings. The van der Waals surface area contributed by atoms with Crippen molar-refractivity contribution in [3.05, 3.63) is 74.3 Å². The molecule has 0 heterocycles. The van der Waals surface area contributed by atoms with Crippen LogP contribution in [0.5, 0.6) is 0 Å². The molecule has 118 valence electrons. The van der Waals surface area contributed by atoms with Crippen molar-refractivity contribution in [1.82, 2.24) is 0 Å². The number of benzene rings is 2. The second kappa shape index (κ2) is 7.12. The minimum Gasteiger partial charge on any atom is -0.272 e. The van der Waals surface area contributed by atoms with Crippen LogP contribution in [0.1, 0.15) is 12.5 Å². The van der Waals surface area contributed by atoms with Crippen molar-refractivity contribution >= 4 is 22.8 Å². The van der Waals surface area contributed by atoms with Crippen LogP contribution in [0, 0.1) is 20.2 Å². The Labute approximate surface area is 131 Å². The Morgan fingerprint density at radius 3 is 2.39 bits per heavy atom. The zero-order chi connectivity index (χ0) is 16.8. The van der Waals surface area contributed by atoms with Gasteiger partial charge in [0.05, 0.1) is 15.9 Å². The van der Waals surface area contributed by atoms with Gasteiger partial charge >= 0.3 is 5.69 Å². The van der Waals surface area contributed by atoms with Crippen LogP contribution < -0.4 is 5.43 Å². The molecule has 0 radical (unpaired) electrons. The molecule has 0 amide bonds. The zero-order valence-electron chi connectivity index (χ0n) is 12.3. The normalized spacial score (nSPS) is 11.1. The number of anilines is 1. The van der Waals surface area contributed by atoms with Crippen molar-refractivity contribution in [3.8, 4) is 0 Å². The highest BCUT2D eigenvalue weighted by Gasteiger charge is 2.19. The second-order valence-corrected chi connectivity index (χ2v) is 4.84. The number of hydrogen-bond donors (Lipinski definition) is 1. The van der Waals surface area contributed by atoms with E-state index in [1.54, 1.807) is 6.92 Å². The highest BCUT2D eigenvalue weighted by atomic mass is 16.6. The van der Waals surface area contributed by atoms with E-state index in [1.807, 2.05) is 30.3 Å². The predicted molar refractivity (Wildman–Crippen MR) is 86.6 cm³/mol. The monoisotopic (exact) mass is 314 g/mol. The van der Waals surface area contributed by atoms with Gasteiger partial charge in [-0.2, -0.15) is 5.10 Å². The lowest BCUT2D eigenvalue weighted by Crippen LogP contribution is -2.03. The maximum absolute atomic E-state index is 11.0. The third kappa shape index (κ3) is 4.34. The second-order valence-electron chi connectivity index (χ2n) is 4.84. The Hall–Kier alpha value is -3.29. The number of nitro groups is 2. The molecule has 0 aliphatic carbocycles. The summed E-state index contributed by atoms with van der Waals surface area (Å²) in [5.41, 5.74) is 3.76. The SMILES string of the molecule is C/C(Cc1ccccc1)=N\Nc1ccc([N+](=O)[O-])cc1[N+](=O)[O-]. The van der Waals surface area contributed by atoms with Crippen molar-refractivity contribution in [2.75, 3.05) is 5.43 Å². The maximum Gasteiger partial charge on any atom is 0.301 e. The molecule has 8 nitrogen and oxygen atoms in total. The molecule has 1 N–H and O–H groups in total. The fraction of sp³-hybridized carbons (Fsp3) is 0.133. The van der Waals surface area contributed by atoms with Crippen LogP contribution in [-0.2, 0) is 6.42 Å². The molecule has 0 unspecified atom stereocenters. The van der Waals surface area contributed by atoms with Gasteiger partial charge in [-0.3, -0.25) is 25.7 Å². The van der Waals surface area contributed by atoms with Crippen LogP contribution in [0.25, 0.3) is 0 Å². The standard InChI is InChI=1S/C15H14N4O4/c1-11(9-12-5-3-2-4-6-12)16-17-14-8-7-13(18(20)21)10-15(14)19(22)23/h2-8,10,17H,9H2,1H3/b16-11+. The quantitative estimate of drug-likeness (QED) is 0.498. The Morgan fingerprint density at radius 1 is 1.09 bits per heavy atom. The topological polar surface area (TPSA) is 111 Å². The molecule has 2 aromatic carbocycles. The van der Waals surface area contributed by atoms with Gasteiger partial charge in [-0.1, -0.05) is 30.3 Å². The van der Waals surface area contributed by atoms with Gasteiger partial charge in [-0.15, -0.1) is 0 Å². The van der Waals surface area contributed by atoms with Crippen LogP contribution >= 0.6 is 0 Å². The molecule has 8 heteroatoms. The van der Waals surface area contributed by atoms with Crippen molar-refractivity contribution in [3.63, 3.8) is 0 Å². The van der Waals surface area contributed by atoms with Crippen molar-refractivity contribution in [2.45, 2.75) is 13.3 Å². The zero-order valence-corrected chi connectivity index (χ0v) is 12.3. The van der Waals surface area contributed by atoms with E-state index in [-0.39, 0.29) is 11.4 Å². The largest absolute Gasteiger partial charge is 0.301 e. The molecule has 2 aromatic rings. The Morgan fingerprint density at radius 2 is 1.78 bits per heavy atom. The average Bonchev–Trinajstić information content (AvgIpc) is 2.53. The summed E-state index contributed by atoms with van der Waals surface area (Å²) < 4.78 is 0. The maximum atomic E-state index is 11.0. The molecule has 0 aliphatic heterocycles. The molecule has 0 spiro atoms. The van der Waals surface area contributed by atoms with E-state index in [2.05, 4.69) is 10.5 Å². The van der Waals surface area contributed by atoms with Crippen molar-refractivity contribution in [1.29, 1.82) is 0 Å². The molecule has 2 rings (SSSR count). The van der Waals surface area contributed by atoms with Crippen LogP contribution in [-0.4, -0.2) is 15.6 Å². The van der Waals surface area contributed by atoms with Crippen LogP contribution in [0.3, 0.4) is 0 Å². The molecule has 23 heavy (non-hydrogen) atoms. The molecular weight excluding hydrogens is 300 g/mol. The minimum atomic E-state index is -0.683. The minimum absolute atomic E-state index is 0.105. The van der Waals surface area contributed by atoms with Gasteiger partial charge < -0.3 is 0 Å². The third-order valence-corrected chi connectivity index (χ3v) is 3.06. The van der Waals surface area contributed by atoms with Crippen LogP contribution in [0.2, 0.25) is 0 Å². The summed E-state index contributed by atoms with van der Waals surface area (Å²) in [4.78, 5) is 20.4. The highest BCUT2D eigenvalue weighted by molar-refractivity contribution is 5.85. The van der Waals surface area contributed by atoms with Gasteiger partial charge in [0.25, 0.3) is 5.69 Å².